The zero-order valence-electron chi connectivity index (χ0n) is 17.7. The van der Waals surface area contributed by atoms with E-state index in [1.807, 2.05) is 24.3 Å². The average molecular weight is 398 g/mol. The van der Waals surface area contributed by atoms with Crippen molar-refractivity contribution in [3.05, 3.63) is 29.8 Å². The summed E-state index contributed by atoms with van der Waals surface area (Å²) in [6, 6.07) is 7.38. The van der Waals surface area contributed by atoms with Crippen LogP contribution in [0.25, 0.3) is 0 Å². The van der Waals surface area contributed by atoms with Crippen molar-refractivity contribution in [2.75, 3.05) is 18.0 Å². The third-order valence-corrected chi connectivity index (χ3v) is 7.58. The standard InChI is InChI=1S/C23H31N3O3/c1-4-22(2,3)17-9-12-23(13-10-17)20(28)26(21(29)24-23)15-19(27)25-14-11-16-7-5-6-8-18(16)25/h5-8,17H,4,9-15H2,1-3H3,(H,24,29). The summed E-state index contributed by atoms with van der Waals surface area (Å²) in [5, 5.41) is 2.94. The van der Waals surface area contributed by atoms with Crippen molar-refractivity contribution >= 4 is 23.5 Å². The SMILES string of the molecule is CCC(C)(C)C1CCC2(CC1)NC(=O)N(CC(=O)N1CCc3ccccc31)C2=O. The normalized spacial score (nSPS) is 26.8. The molecule has 3 aliphatic rings. The number of urea groups is 1. The first-order chi connectivity index (χ1) is 13.8. The lowest BCUT2D eigenvalue weighted by Crippen LogP contribution is -2.51. The van der Waals surface area contributed by atoms with E-state index >= 15 is 0 Å². The van der Waals surface area contributed by atoms with E-state index in [0.717, 1.165) is 41.8 Å². The molecule has 1 saturated heterocycles. The number of imide groups is 1. The molecule has 2 aliphatic heterocycles. The Bertz CT molecular complexity index is 840. The minimum atomic E-state index is -0.819. The van der Waals surface area contributed by atoms with Gasteiger partial charge in [0.15, 0.2) is 0 Å². The first kappa shape index (κ1) is 19.9. The second-order valence-corrected chi connectivity index (χ2v) is 9.44. The molecule has 1 spiro atoms. The number of nitrogens with zero attached hydrogens (tertiary/aromatic N) is 2. The van der Waals surface area contributed by atoms with Gasteiger partial charge in [0.25, 0.3) is 5.91 Å². The van der Waals surface area contributed by atoms with Gasteiger partial charge in [-0.15, -0.1) is 0 Å². The lowest BCUT2D eigenvalue weighted by atomic mass is 9.65. The number of anilines is 1. The second kappa shape index (κ2) is 7.15. The molecule has 1 N–H and O–H groups in total. The molecule has 1 aliphatic carbocycles. The third-order valence-electron chi connectivity index (χ3n) is 7.58. The summed E-state index contributed by atoms with van der Waals surface area (Å²) >= 11 is 0. The van der Waals surface area contributed by atoms with Crippen LogP contribution in [-0.2, 0) is 16.0 Å². The Kier molecular flexibility index (Phi) is 4.91. The summed E-state index contributed by atoms with van der Waals surface area (Å²) in [5.41, 5.74) is 1.44. The van der Waals surface area contributed by atoms with Gasteiger partial charge in [-0.1, -0.05) is 45.4 Å². The monoisotopic (exact) mass is 397 g/mol. The van der Waals surface area contributed by atoms with Gasteiger partial charge in [-0.2, -0.15) is 0 Å². The van der Waals surface area contributed by atoms with Gasteiger partial charge in [0.1, 0.15) is 12.1 Å². The molecule has 0 unspecified atom stereocenters. The summed E-state index contributed by atoms with van der Waals surface area (Å²) in [6.07, 6.45) is 5.07. The van der Waals surface area contributed by atoms with Crippen molar-refractivity contribution in [3.63, 3.8) is 0 Å². The Morgan fingerprint density at radius 1 is 1.21 bits per heavy atom. The maximum absolute atomic E-state index is 13.2. The van der Waals surface area contributed by atoms with Crippen LogP contribution in [0.15, 0.2) is 24.3 Å². The number of benzene rings is 1. The number of carbonyl (C=O) groups excluding carboxylic acids is 3. The molecule has 2 fully saturated rings. The summed E-state index contributed by atoms with van der Waals surface area (Å²) < 4.78 is 0. The van der Waals surface area contributed by atoms with Crippen LogP contribution in [0.4, 0.5) is 10.5 Å². The van der Waals surface area contributed by atoms with Crippen molar-refractivity contribution in [1.82, 2.24) is 10.2 Å². The zero-order chi connectivity index (χ0) is 20.8. The summed E-state index contributed by atoms with van der Waals surface area (Å²) in [5.74, 6) is 0.131. The number of carbonyl (C=O) groups is 3. The molecule has 29 heavy (non-hydrogen) atoms. The maximum Gasteiger partial charge on any atom is 0.325 e. The van der Waals surface area contributed by atoms with Crippen LogP contribution in [0.2, 0.25) is 0 Å². The minimum absolute atomic E-state index is 0.190. The van der Waals surface area contributed by atoms with E-state index < -0.39 is 11.6 Å². The number of hydrogen-bond donors (Lipinski definition) is 1. The van der Waals surface area contributed by atoms with Crippen LogP contribution < -0.4 is 10.2 Å². The zero-order valence-corrected chi connectivity index (χ0v) is 17.7. The van der Waals surface area contributed by atoms with Crippen molar-refractivity contribution in [1.29, 1.82) is 0 Å². The van der Waals surface area contributed by atoms with Crippen LogP contribution in [0, 0.1) is 11.3 Å². The Labute approximate surface area is 172 Å². The van der Waals surface area contributed by atoms with E-state index in [1.54, 1.807) is 4.90 Å². The topological polar surface area (TPSA) is 69.7 Å². The summed E-state index contributed by atoms with van der Waals surface area (Å²) in [6.45, 7) is 7.18. The molecule has 1 saturated carbocycles. The molecule has 4 amide bonds. The maximum atomic E-state index is 13.2. The average Bonchev–Trinajstić information content (AvgIpc) is 3.24. The quantitative estimate of drug-likeness (QED) is 0.791. The molecular weight excluding hydrogens is 366 g/mol. The molecule has 0 aromatic heterocycles. The molecule has 6 heteroatoms. The van der Waals surface area contributed by atoms with Crippen LogP contribution in [0.5, 0.6) is 0 Å². The molecule has 0 bridgehead atoms. The predicted molar refractivity (Wildman–Crippen MR) is 112 cm³/mol. The fourth-order valence-electron chi connectivity index (χ4n) is 5.16. The van der Waals surface area contributed by atoms with E-state index in [4.69, 9.17) is 0 Å². The van der Waals surface area contributed by atoms with Crippen molar-refractivity contribution < 1.29 is 14.4 Å². The molecule has 4 rings (SSSR count). The number of hydrogen-bond acceptors (Lipinski definition) is 3. The van der Waals surface area contributed by atoms with Crippen molar-refractivity contribution in [2.45, 2.75) is 64.8 Å². The molecule has 1 aromatic carbocycles. The lowest BCUT2D eigenvalue weighted by Gasteiger charge is -2.42. The van der Waals surface area contributed by atoms with E-state index in [-0.39, 0.29) is 23.8 Å². The minimum Gasteiger partial charge on any atom is -0.323 e. The Balaban J connectivity index is 1.44. The summed E-state index contributed by atoms with van der Waals surface area (Å²) in [4.78, 5) is 41.5. The van der Waals surface area contributed by atoms with Crippen LogP contribution in [-0.4, -0.2) is 41.4 Å². The van der Waals surface area contributed by atoms with Crippen molar-refractivity contribution in [3.8, 4) is 0 Å². The van der Waals surface area contributed by atoms with Gasteiger partial charge in [-0.3, -0.25) is 14.5 Å². The first-order valence-electron chi connectivity index (χ1n) is 10.8. The molecular formula is C23H31N3O3. The molecule has 2 heterocycles. The number of fused-ring (bicyclic) bond motifs is 1. The Morgan fingerprint density at radius 3 is 2.59 bits per heavy atom. The van der Waals surface area contributed by atoms with Gasteiger partial charge < -0.3 is 10.2 Å². The van der Waals surface area contributed by atoms with Gasteiger partial charge >= 0.3 is 6.03 Å². The fraction of sp³-hybridized carbons (Fsp3) is 0.609. The van der Waals surface area contributed by atoms with E-state index in [2.05, 4.69) is 26.1 Å². The van der Waals surface area contributed by atoms with Gasteiger partial charge in [-0.05, 0) is 55.1 Å². The fourth-order valence-corrected chi connectivity index (χ4v) is 5.16. The molecule has 1 aromatic rings. The van der Waals surface area contributed by atoms with E-state index in [0.29, 0.717) is 25.3 Å². The largest absolute Gasteiger partial charge is 0.325 e. The van der Waals surface area contributed by atoms with Crippen LogP contribution in [0.3, 0.4) is 0 Å². The molecule has 6 nitrogen and oxygen atoms in total. The molecule has 0 radical (unpaired) electrons. The lowest BCUT2D eigenvalue weighted by molar-refractivity contribution is -0.135. The number of amides is 4. The summed E-state index contributed by atoms with van der Waals surface area (Å²) in [7, 11) is 0. The first-order valence-corrected chi connectivity index (χ1v) is 10.8. The van der Waals surface area contributed by atoms with E-state index in [9.17, 15) is 14.4 Å². The number of nitrogens with one attached hydrogen (secondary N) is 1. The van der Waals surface area contributed by atoms with E-state index in [1.165, 1.54) is 0 Å². The van der Waals surface area contributed by atoms with Gasteiger partial charge in [0.2, 0.25) is 5.91 Å². The molecule has 0 atom stereocenters. The number of rotatable bonds is 4. The van der Waals surface area contributed by atoms with Crippen LogP contribution >= 0.6 is 0 Å². The highest BCUT2D eigenvalue weighted by molar-refractivity contribution is 6.10. The van der Waals surface area contributed by atoms with Gasteiger partial charge in [0.05, 0.1) is 0 Å². The highest BCUT2D eigenvalue weighted by Crippen LogP contribution is 2.45. The van der Waals surface area contributed by atoms with Gasteiger partial charge in [0, 0.05) is 12.2 Å². The Morgan fingerprint density at radius 2 is 1.90 bits per heavy atom. The second-order valence-electron chi connectivity index (χ2n) is 9.44. The van der Waals surface area contributed by atoms with Crippen molar-refractivity contribution in [2.24, 2.45) is 11.3 Å². The Hall–Kier alpha value is -2.37. The predicted octanol–water partition coefficient (Wildman–Crippen LogP) is 3.49. The van der Waals surface area contributed by atoms with Gasteiger partial charge in [-0.25, -0.2) is 4.79 Å². The highest BCUT2D eigenvalue weighted by atomic mass is 16.2. The smallest absolute Gasteiger partial charge is 0.323 e. The molecule has 156 valence electrons. The van der Waals surface area contributed by atoms with Crippen LogP contribution in [0.1, 0.15) is 58.4 Å². The highest BCUT2D eigenvalue weighted by Gasteiger charge is 2.54. The third kappa shape index (κ3) is 3.32. The number of para-hydroxylation sites is 1.